The molecule has 6 atom stereocenters. The highest BCUT2D eigenvalue weighted by Crippen LogP contribution is 2.42. The Hall–Kier alpha value is -1.44. The number of aliphatic hydroxyl groups excluding tert-OH is 1. The number of H-pyrrole nitrogens is 1. The summed E-state index contributed by atoms with van der Waals surface area (Å²) >= 11 is 5.01. The van der Waals surface area contributed by atoms with Gasteiger partial charge in [-0.2, -0.15) is 0 Å². The first-order valence-corrected chi connectivity index (χ1v) is 9.69. The van der Waals surface area contributed by atoms with Crippen molar-refractivity contribution in [2.75, 3.05) is 6.61 Å². The standard InChI is InChI=1S/C13H20N3O9PS/c1-6(10(19)20)15-26(22,23)24-5-7-9(18)13(2,21)11(25-7)16-4-3-8(17)14-12(16)27/h3-4,6-7,9,11,18,21H,5H2,1-2H3,(H,19,20)(H,14,17,27)(H2,15,22,23)/t6-,7?,9-,11+,13?/m0/s1. The molecule has 27 heavy (non-hydrogen) atoms. The Balaban J connectivity index is 2.14. The average molecular weight is 425 g/mol. The molecule has 1 aliphatic rings. The topological polar surface area (TPSA) is 183 Å². The van der Waals surface area contributed by atoms with E-state index in [1.807, 2.05) is 5.09 Å². The summed E-state index contributed by atoms with van der Waals surface area (Å²) < 4.78 is 23.3. The second-order valence-electron chi connectivity index (χ2n) is 6.22. The number of nitrogens with one attached hydrogen (secondary N) is 2. The Morgan fingerprint density at radius 3 is 2.81 bits per heavy atom. The lowest BCUT2D eigenvalue weighted by Crippen LogP contribution is -2.44. The second kappa shape index (κ2) is 7.89. The van der Waals surface area contributed by atoms with Gasteiger partial charge < -0.3 is 24.9 Å². The zero-order valence-corrected chi connectivity index (χ0v) is 16.0. The third-order valence-corrected chi connectivity index (χ3v) is 5.52. The first-order valence-electron chi connectivity index (χ1n) is 7.70. The Labute approximate surface area is 158 Å². The van der Waals surface area contributed by atoms with Gasteiger partial charge in [-0.25, -0.2) is 9.65 Å². The van der Waals surface area contributed by atoms with Gasteiger partial charge >= 0.3 is 13.7 Å². The molecule has 0 spiro atoms. The zero-order chi connectivity index (χ0) is 20.6. The predicted molar refractivity (Wildman–Crippen MR) is 92.4 cm³/mol. The number of aromatic amines is 1. The molecule has 1 aromatic rings. The number of carbonyl (C=O) groups is 1. The van der Waals surface area contributed by atoms with Gasteiger partial charge in [-0.1, -0.05) is 0 Å². The van der Waals surface area contributed by atoms with Gasteiger partial charge in [0, 0.05) is 12.3 Å². The van der Waals surface area contributed by atoms with Crippen LogP contribution in [0.4, 0.5) is 0 Å². The Morgan fingerprint density at radius 1 is 1.63 bits per heavy atom. The van der Waals surface area contributed by atoms with Crippen molar-refractivity contribution < 1.29 is 38.8 Å². The summed E-state index contributed by atoms with van der Waals surface area (Å²) in [5.74, 6) is -1.36. The van der Waals surface area contributed by atoms with Crippen molar-refractivity contribution >= 4 is 25.9 Å². The maximum Gasteiger partial charge on any atom is 0.403 e. The Morgan fingerprint density at radius 2 is 2.26 bits per heavy atom. The van der Waals surface area contributed by atoms with E-state index in [0.29, 0.717) is 0 Å². The largest absolute Gasteiger partial charge is 0.480 e. The van der Waals surface area contributed by atoms with Crippen molar-refractivity contribution in [1.29, 1.82) is 0 Å². The molecule has 152 valence electrons. The van der Waals surface area contributed by atoms with Gasteiger partial charge in [0.05, 0.1) is 6.61 Å². The summed E-state index contributed by atoms with van der Waals surface area (Å²) in [4.78, 5) is 34.0. The number of hydrogen-bond donors (Lipinski definition) is 6. The van der Waals surface area contributed by atoms with Gasteiger partial charge in [0.2, 0.25) is 0 Å². The van der Waals surface area contributed by atoms with Crippen LogP contribution >= 0.6 is 20.0 Å². The molecule has 6 N–H and O–H groups in total. The number of ether oxygens (including phenoxy) is 1. The third kappa shape index (κ3) is 4.89. The Kier molecular flexibility index (Phi) is 6.39. The molecule has 14 heteroatoms. The van der Waals surface area contributed by atoms with Crippen LogP contribution in [-0.2, 0) is 18.6 Å². The van der Waals surface area contributed by atoms with Crippen molar-refractivity contribution in [3.8, 4) is 0 Å². The number of rotatable bonds is 7. The first-order chi connectivity index (χ1) is 12.3. The molecule has 1 aromatic heterocycles. The molecule has 2 rings (SSSR count). The number of aliphatic carboxylic acids is 1. The summed E-state index contributed by atoms with van der Waals surface area (Å²) in [7, 11) is -4.51. The van der Waals surface area contributed by atoms with Crippen molar-refractivity contribution in [2.24, 2.45) is 0 Å². The van der Waals surface area contributed by atoms with Gasteiger partial charge in [-0.3, -0.25) is 23.7 Å². The summed E-state index contributed by atoms with van der Waals surface area (Å²) in [6, 6.07) is -0.213. The van der Waals surface area contributed by atoms with E-state index >= 15 is 0 Å². The van der Waals surface area contributed by atoms with Gasteiger partial charge in [-0.15, -0.1) is 0 Å². The van der Waals surface area contributed by atoms with Crippen LogP contribution in [0.5, 0.6) is 0 Å². The van der Waals surface area contributed by atoms with Crippen LogP contribution in [-0.4, -0.2) is 66.2 Å². The molecule has 0 radical (unpaired) electrons. The number of aliphatic hydroxyl groups is 2. The normalized spacial score (nSPS) is 31.4. The lowest BCUT2D eigenvalue weighted by atomic mass is 9.96. The summed E-state index contributed by atoms with van der Waals surface area (Å²) in [5, 5.41) is 31.5. The molecule has 0 aliphatic carbocycles. The van der Waals surface area contributed by atoms with Crippen molar-refractivity contribution in [2.45, 2.75) is 43.9 Å². The molecule has 12 nitrogen and oxygen atoms in total. The Bertz CT molecular complexity index is 869. The van der Waals surface area contributed by atoms with E-state index in [1.54, 1.807) is 0 Å². The molecular formula is C13H20N3O9PS. The highest BCUT2D eigenvalue weighted by Gasteiger charge is 2.53. The van der Waals surface area contributed by atoms with E-state index in [2.05, 4.69) is 4.98 Å². The minimum atomic E-state index is -4.51. The molecule has 0 bridgehead atoms. The highest BCUT2D eigenvalue weighted by molar-refractivity contribution is 7.71. The zero-order valence-electron chi connectivity index (χ0n) is 14.3. The molecule has 3 unspecified atom stereocenters. The van der Waals surface area contributed by atoms with E-state index in [0.717, 1.165) is 13.0 Å². The van der Waals surface area contributed by atoms with E-state index in [-0.39, 0.29) is 4.77 Å². The van der Waals surface area contributed by atoms with Crippen LogP contribution in [0.3, 0.4) is 0 Å². The van der Waals surface area contributed by atoms with Crippen LogP contribution in [0.2, 0.25) is 0 Å². The van der Waals surface area contributed by atoms with E-state index in [1.165, 1.54) is 17.7 Å². The third-order valence-electron chi connectivity index (χ3n) is 4.00. The SMILES string of the molecule is C[C@H](NP(=O)(O)OCC1O[C@@H](n2ccc(=O)[nH]c2=S)C(C)(O)[C@H]1O)C(=O)O. The van der Waals surface area contributed by atoms with Crippen LogP contribution in [0.25, 0.3) is 0 Å². The number of hydrogen-bond acceptors (Lipinski definition) is 8. The predicted octanol–water partition coefficient (Wildman–Crippen LogP) is -0.905. The van der Waals surface area contributed by atoms with Gasteiger partial charge in [-0.05, 0) is 26.1 Å². The molecular weight excluding hydrogens is 405 g/mol. The lowest BCUT2D eigenvalue weighted by molar-refractivity contribution is -0.138. The number of aromatic nitrogens is 2. The lowest BCUT2D eigenvalue weighted by Gasteiger charge is -2.28. The molecule has 1 fully saturated rings. The molecule has 2 heterocycles. The number of carboxylic acid groups (broad SMARTS) is 1. The van der Waals surface area contributed by atoms with E-state index < -0.39 is 56.0 Å². The fourth-order valence-corrected chi connectivity index (χ4v) is 3.78. The first kappa shape index (κ1) is 21.9. The van der Waals surface area contributed by atoms with Gasteiger partial charge in [0.25, 0.3) is 5.56 Å². The smallest absolute Gasteiger partial charge is 0.403 e. The van der Waals surface area contributed by atoms with Gasteiger partial charge in [0.1, 0.15) is 23.9 Å². The fourth-order valence-electron chi connectivity index (χ4n) is 2.50. The maximum absolute atomic E-state index is 11.9. The summed E-state index contributed by atoms with van der Waals surface area (Å²) in [6.45, 7) is 1.78. The van der Waals surface area contributed by atoms with Crippen molar-refractivity contribution in [1.82, 2.24) is 14.6 Å². The average Bonchev–Trinajstić information content (AvgIpc) is 2.76. The number of nitrogens with zero attached hydrogens (tertiary/aromatic N) is 1. The van der Waals surface area contributed by atoms with Crippen LogP contribution in [0.1, 0.15) is 20.1 Å². The van der Waals surface area contributed by atoms with Crippen LogP contribution in [0, 0.1) is 4.77 Å². The molecule has 1 saturated heterocycles. The fraction of sp³-hybridized carbons (Fsp3) is 0.615. The number of carboxylic acids is 1. The minimum absolute atomic E-state index is 0.0636. The summed E-state index contributed by atoms with van der Waals surface area (Å²) in [6.07, 6.45) is -2.72. The molecule has 0 amide bonds. The summed E-state index contributed by atoms with van der Waals surface area (Å²) in [5.41, 5.74) is -2.33. The van der Waals surface area contributed by atoms with E-state index in [9.17, 15) is 29.3 Å². The molecule has 0 saturated carbocycles. The molecule has 1 aliphatic heterocycles. The van der Waals surface area contributed by atoms with E-state index in [4.69, 9.17) is 26.6 Å². The van der Waals surface area contributed by atoms with Crippen molar-refractivity contribution in [3.05, 3.63) is 27.4 Å². The van der Waals surface area contributed by atoms with Crippen molar-refractivity contribution in [3.63, 3.8) is 0 Å². The van der Waals surface area contributed by atoms with Gasteiger partial charge in [0.15, 0.2) is 11.0 Å². The minimum Gasteiger partial charge on any atom is -0.480 e. The van der Waals surface area contributed by atoms with Crippen LogP contribution in [0.15, 0.2) is 17.1 Å². The highest BCUT2D eigenvalue weighted by atomic mass is 32.1. The monoisotopic (exact) mass is 425 g/mol. The molecule has 0 aromatic carbocycles. The quantitative estimate of drug-likeness (QED) is 0.235. The van der Waals surface area contributed by atoms with Crippen LogP contribution < -0.4 is 10.6 Å². The maximum atomic E-state index is 11.9. The second-order valence-corrected chi connectivity index (χ2v) is 8.16.